The minimum absolute atomic E-state index is 0.0283. The summed E-state index contributed by atoms with van der Waals surface area (Å²) >= 11 is 25.1. The van der Waals surface area contributed by atoms with Crippen LogP contribution in [0.4, 0.5) is 0 Å². The third kappa shape index (κ3) is 8.82. The number of carbonyl (C=O) groups excluding carboxylic acids is 1. The van der Waals surface area contributed by atoms with Gasteiger partial charge in [0.1, 0.15) is 19.0 Å². The zero-order chi connectivity index (χ0) is 29.5. The summed E-state index contributed by atoms with van der Waals surface area (Å²) in [5.74, 6) is 0.560. The van der Waals surface area contributed by atoms with Crippen LogP contribution in [0.25, 0.3) is 0 Å². The summed E-state index contributed by atoms with van der Waals surface area (Å²) in [7, 11) is 0. The molecule has 3 aromatic carbocycles. The van der Waals surface area contributed by atoms with E-state index < -0.39 is 5.92 Å². The van der Waals surface area contributed by atoms with Crippen molar-refractivity contribution >= 4 is 58.3 Å². The third-order valence-electron chi connectivity index (χ3n) is 6.63. The van der Waals surface area contributed by atoms with Gasteiger partial charge in [-0.05, 0) is 73.2 Å². The highest BCUT2D eigenvalue weighted by atomic mass is 35.5. The molecule has 1 aliphatic rings. The molecule has 0 heterocycles. The van der Waals surface area contributed by atoms with E-state index in [1.54, 1.807) is 18.2 Å². The molecular formula is C30H32Cl4N4O3. The van der Waals surface area contributed by atoms with Crippen LogP contribution in [0.3, 0.4) is 0 Å². The first kappa shape index (κ1) is 31.1. The van der Waals surface area contributed by atoms with Crippen molar-refractivity contribution in [2.24, 2.45) is 22.4 Å². The number of hydrogen-bond acceptors (Lipinski definition) is 4. The maximum atomic E-state index is 13.8. The second kappa shape index (κ2) is 14.4. The molecule has 0 bridgehead atoms. The van der Waals surface area contributed by atoms with Crippen molar-refractivity contribution in [3.05, 3.63) is 91.4 Å². The molecule has 0 spiro atoms. The van der Waals surface area contributed by atoms with Crippen LogP contribution in [-0.4, -0.2) is 42.6 Å². The molecule has 11 heteroatoms. The molecule has 7 nitrogen and oxygen atoms in total. The van der Waals surface area contributed by atoms with Gasteiger partial charge in [-0.2, -0.15) is 0 Å². The van der Waals surface area contributed by atoms with Crippen LogP contribution in [0.15, 0.2) is 59.6 Å². The Morgan fingerprint density at radius 3 is 2.27 bits per heavy atom. The number of hydrogen-bond donors (Lipinski definition) is 2. The molecule has 3 aromatic rings. The van der Waals surface area contributed by atoms with Gasteiger partial charge in [0.15, 0.2) is 11.7 Å². The number of aryl methyl sites for hydroxylation is 1. The molecule has 0 aromatic heterocycles. The molecule has 1 aliphatic carbocycles. The number of carbonyl (C=O) groups is 1. The van der Waals surface area contributed by atoms with E-state index in [2.05, 4.69) is 4.99 Å². The zero-order valence-electron chi connectivity index (χ0n) is 22.6. The van der Waals surface area contributed by atoms with E-state index in [-0.39, 0.29) is 31.1 Å². The smallest absolute Gasteiger partial charge is 0.228 e. The second-order valence-corrected chi connectivity index (χ2v) is 11.6. The zero-order valence-corrected chi connectivity index (χ0v) is 25.6. The first-order valence-corrected chi connectivity index (χ1v) is 14.7. The van der Waals surface area contributed by atoms with Crippen LogP contribution < -0.4 is 20.9 Å². The Hall–Kier alpha value is -2.84. The Morgan fingerprint density at radius 2 is 1.63 bits per heavy atom. The van der Waals surface area contributed by atoms with Crippen molar-refractivity contribution in [1.82, 2.24) is 4.90 Å². The predicted molar refractivity (Wildman–Crippen MR) is 167 cm³/mol. The highest BCUT2D eigenvalue weighted by Gasteiger charge is 2.36. The summed E-state index contributed by atoms with van der Waals surface area (Å²) in [6, 6.07) is 16.8. The van der Waals surface area contributed by atoms with Crippen LogP contribution >= 0.6 is 46.4 Å². The van der Waals surface area contributed by atoms with E-state index in [4.69, 9.17) is 67.3 Å². The van der Waals surface area contributed by atoms with Gasteiger partial charge in [-0.15, -0.1) is 0 Å². The van der Waals surface area contributed by atoms with E-state index in [1.807, 2.05) is 48.2 Å². The SMILES string of the molecule is Cc1cc(Cl)c(OCCOc2ccc(CC(CN=C(N)N)C(=O)N(Cc3cccc(Cl)c3Cl)C3CC3)cc2)c(Cl)c1. The highest BCUT2D eigenvalue weighted by Crippen LogP contribution is 2.35. The van der Waals surface area contributed by atoms with Crippen molar-refractivity contribution in [2.45, 2.75) is 38.8 Å². The summed E-state index contributed by atoms with van der Waals surface area (Å²) in [6.07, 6.45) is 2.34. The average Bonchev–Trinajstić information content (AvgIpc) is 3.76. The first-order valence-electron chi connectivity index (χ1n) is 13.2. The fourth-order valence-corrected chi connectivity index (χ4v) is 5.53. The lowest BCUT2D eigenvalue weighted by Crippen LogP contribution is -2.40. The molecule has 4 rings (SSSR count). The summed E-state index contributed by atoms with van der Waals surface area (Å²) in [6.45, 7) is 3.02. The summed E-state index contributed by atoms with van der Waals surface area (Å²) in [5.41, 5.74) is 13.9. The fraction of sp³-hybridized carbons (Fsp3) is 0.333. The molecule has 1 amide bonds. The Bertz CT molecular complexity index is 1370. The molecule has 0 radical (unpaired) electrons. The van der Waals surface area contributed by atoms with Gasteiger partial charge in [0, 0.05) is 12.6 Å². The van der Waals surface area contributed by atoms with E-state index >= 15 is 0 Å². The molecule has 1 unspecified atom stereocenters. The van der Waals surface area contributed by atoms with E-state index in [9.17, 15) is 4.79 Å². The van der Waals surface area contributed by atoms with Gasteiger partial charge in [-0.1, -0.05) is 70.7 Å². The number of rotatable bonds is 13. The Labute approximate surface area is 260 Å². The average molecular weight is 638 g/mol. The van der Waals surface area contributed by atoms with Gasteiger partial charge in [0.2, 0.25) is 5.91 Å². The number of amides is 1. The summed E-state index contributed by atoms with van der Waals surface area (Å²) in [5, 5.41) is 1.83. The standard InChI is InChI=1S/C30H32Cl4N4O3/c1-18-13-25(32)28(26(33)14-18)41-12-11-40-23-9-5-19(6-10-23)15-21(16-37-30(35)36)29(39)38(22-7-8-22)17-20-3-2-4-24(31)27(20)34/h2-6,9-10,13-14,21-22H,7-8,11-12,15-17H2,1H3,(H4,35,36,37). The predicted octanol–water partition coefficient (Wildman–Crippen LogP) is 6.69. The van der Waals surface area contributed by atoms with E-state index in [0.29, 0.717) is 51.2 Å². The lowest BCUT2D eigenvalue weighted by atomic mass is 9.97. The highest BCUT2D eigenvalue weighted by molar-refractivity contribution is 6.42. The van der Waals surface area contributed by atoms with Crippen LogP contribution in [0.1, 0.15) is 29.5 Å². The molecule has 0 aliphatic heterocycles. The molecule has 0 saturated heterocycles. The van der Waals surface area contributed by atoms with Crippen LogP contribution in [0.2, 0.25) is 20.1 Å². The van der Waals surface area contributed by atoms with Crippen molar-refractivity contribution in [3.63, 3.8) is 0 Å². The Balaban J connectivity index is 1.38. The van der Waals surface area contributed by atoms with Gasteiger partial charge < -0.3 is 25.8 Å². The second-order valence-electron chi connectivity index (χ2n) is 9.98. The monoisotopic (exact) mass is 636 g/mol. The largest absolute Gasteiger partial charge is 0.490 e. The Kier molecular flexibility index (Phi) is 10.9. The molecule has 1 fully saturated rings. The minimum atomic E-state index is -0.458. The van der Waals surface area contributed by atoms with Crippen LogP contribution in [0, 0.1) is 12.8 Å². The molecule has 1 atom stereocenters. The van der Waals surface area contributed by atoms with E-state index in [1.165, 1.54) is 0 Å². The number of halogens is 4. The van der Waals surface area contributed by atoms with Crippen LogP contribution in [0.5, 0.6) is 11.5 Å². The molecule has 218 valence electrons. The minimum Gasteiger partial charge on any atom is -0.490 e. The number of nitrogens with zero attached hydrogens (tertiary/aromatic N) is 2. The normalized spacial score (nSPS) is 13.4. The number of benzene rings is 3. The fourth-order valence-electron chi connectivity index (χ4n) is 4.44. The lowest BCUT2D eigenvalue weighted by molar-refractivity contribution is -0.136. The molecule has 4 N–H and O–H groups in total. The summed E-state index contributed by atoms with van der Waals surface area (Å²) in [4.78, 5) is 19.9. The van der Waals surface area contributed by atoms with Gasteiger partial charge >= 0.3 is 0 Å². The van der Waals surface area contributed by atoms with Crippen molar-refractivity contribution in [1.29, 1.82) is 0 Å². The number of guanidine groups is 1. The molecular weight excluding hydrogens is 606 g/mol. The van der Waals surface area contributed by atoms with Gasteiger partial charge in [0.05, 0.1) is 32.6 Å². The van der Waals surface area contributed by atoms with Crippen molar-refractivity contribution in [2.75, 3.05) is 19.8 Å². The van der Waals surface area contributed by atoms with Gasteiger partial charge in [-0.3, -0.25) is 9.79 Å². The maximum absolute atomic E-state index is 13.8. The quantitative estimate of drug-likeness (QED) is 0.123. The summed E-state index contributed by atoms with van der Waals surface area (Å²) < 4.78 is 11.5. The van der Waals surface area contributed by atoms with Crippen molar-refractivity contribution in [3.8, 4) is 11.5 Å². The topological polar surface area (TPSA) is 103 Å². The maximum Gasteiger partial charge on any atom is 0.228 e. The third-order valence-corrected chi connectivity index (χ3v) is 8.05. The first-order chi connectivity index (χ1) is 19.6. The molecule has 1 saturated carbocycles. The van der Waals surface area contributed by atoms with E-state index in [0.717, 1.165) is 29.5 Å². The number of nitrogens with two attached hydrogens (primary N) is 2. The Morgan fingerprint density at radius 1 is 0.976 bits per heavy atom. The molecule has 41 heavy (non-hydrogen) atoms. The van der Waals surface area contributed by atoms with Crippen LogP contribution in [-0.2, 0) is 17.8 Å². The lowest BCUT2D eigenvalue weighted by Gasteiger charge is -2.27. The number of ether oxygens (including phenoxy) is 2. The van der Waals surface area contributed by atoms with Crippen molar-refractivity contribution < 1.29 is 14.3 Å². The van der Waals surface area contributed by atoms with Gasteiger partial charge in [-0.25, -0.2) is 0 Å². The van der Waals surface area contributed by atoms with Gasteiger partial charge in [0.25, 0.3) is 0 Å². The number of aliphatic imine (C=N–C) groups is 1.